The number of H-pyrrole nitrogens is 1. The summed E-state index contributed by atoms with van der Waals surface area (Å²) in [6.07, 6.45) is 1.74. The normalized spacial score (nSPS) is 14.3. The molecule has 3 aromatic carbocycles. The smallest absolute Gasteiger partial charge is 0.352 e. The number of carboxylic acid groups (broad SMARTS) is 1. The third kappa shape index (κ3) is 7.85. The van der Waals surface area contributed by atoms with E-state index in [0.717, 1.165) is 0 Å². The lowest BCUT2D eigenvalue weighted by Crippen LogP contribution is -2.60. The number of nitrogens with zero attached hydrogens (tertiary/aromatic N) is 6. The molecule has 5 amide bonds. The number of aromatic carboxylic acids is 1. The summed E-state index contributed by atoms with van der Waals surface area (Å²) in [6, 6.07) is 15.8. The molecule has 1 saturated heterocycles. The highest BCUT2D eigenvalue weighted by Crippen LogP contribution is 2.30. The Kier molecular flexibility index (Phi) is 10.4. The number of hydrogen-bond acceptors (Lipinski definition) is 9. The van der Waals surface area contributed by atoms with Crippen molar-refractivity contribution in [1.29, 1.82) is 0 Å². The van der Waals surface area contributed by atoms with Crippen molar-refractivity contribution in [3.05, 3.63) is 89.3 Å². The first-order chi connectivity index (χ1) is 25.0. The fourth-order valence-corrected chi connectivity index (χ4v) is 6.02. The second-order valence-corrected chi connectivity index (χ2v) is 12.5. The van der Waals surface area contributed by atoms with Gasteiger partial charge in [0.2, 0.25) is 5.91 Å². The molecule has 0 aliphatic carbocycles. The average molecular weight is 729 g/mol. The molecule has 6 rings (SSSR count). The number of benzene rings is 3. The molecular weight excluding hydrogens is 696 g/mol. The summed E-state index contributed by atoms with van der Waals surface area (Å²) >= 11 is 6.28. The van der Waals surface area contributed by atoms with Crippen LogP contribution in [0, 0.1) is 0 Å². The number of nitrogens with one attached hydrogen (secondary N) is 4. The fraction of sp³-hybridized carbons (Fsp3) is 0.235. The zero-order chi connectivity index (χ0) is 36.9. The molecule has 0 unspecified atom stereocenters. The van der Waals surface area contributed by atoms with Crippen LogP contribution in [0.25, 0.3) is 16.6 Å². The molecule has 3 heterocycles. The molecule has 0 radical (unpaired) electrons. The quantitative estimate of drug-likeness (QED) is 0.103. The Morgan fingerprint density at radius 1 is 0.942 bits per heavy atom. The number of carbonyl (C=O) groups is 5. The van der Waals surface area contributed by atoms with Crippen LogP contribution in [0.5, 0.6) is 0 Å². The van der Waals surface area contributed by atoms with E-state index >= 15 is 0 Å². The number of aromatic amines is 1. The maximum Gasteiger partial charge on any atom is 0.352 e. The fourth-order valence-electron chi connectivity index (χ4n) is 5.85. The van der Waals surface area contributed by atoms with Gasteiger partial charge in [0.1, 0.15) is 18.1 Å². The van der Waals surface area contributed by atoms with Crippen molar-refractivity contribution in [1.82, 2.24) is 35.4 Å². The van der Waals surface area contributed by atoms with E-state index in [-0.39, 0.29) is 37.9 Å². The molecule has 0 spiro atoms. The third-order valence-electron chi connectivity index (χ3n) is 8.46. The first-order valence-corrected chi connectivity index (χ1v) is 16.5. The number of tetrazole rings is 1. The van der Waals surface area contributed by atoms with E-state index in [1.807, 2.05) is 0 Å². The van der Waals surface area contributed by atoms with E-state index in [1.165, 1.54) is 32.9 Å². The predicted molar refractivity (Wildman–Crippen MR) is 189 cm³/mol. The van der Waals surface area contributed by atoms with Crippen LogP contribution in [0.1, 0.15) is 29.4 Å². The van der Waals surface area contributed by atoms with E-state index in [0.29, 0.717) is 50.7 Å². The summed E-state index contributed by atoms with van der Waals surface area (Å²) in [5.74, 6) is -3.53. The average Bonchev–Trinajstić information content (AvgIpc) is 3.80. The van der Waals surface area contributed by atoms with Gasteiger partial charge in [-0.25, -0.2) is 9.59 Å². The second kappa shape index (κ2) is 15.3. The van der Waals surface area contributed by atoms with Gasteiger partial charge in [-0.3, -0.25) is 14.4 Å². The van der Waals surface area contributed by atoms with Crippen molar-refractivity contribution < 1.29 is 34.2 Å². The molecule has 5 aromatic rings. The van der Waals surface area contributed by atoms with Gasteiger partial charge in [0.15, 0.2) is 0 Å². The Balaban J connectivity index is 1.25. The summed E-state index contributed by atoms with van der Waals surface area (Å²) < 4.78 is 1.34. The van der Waals surface area contributed by atoms with E-state index < -0.39 is 35.8 Å². The first-order valence-electron chi connectivity index (χ1n) is 16.1. The number of fused-ring (bicyclic) bond motifs is 1. The predicted octanol–water partition coefficient (Wildman–Crippen LogP) is 2.81. The Labute approximate surface area is 300 Å². The molecule has 1 aliphatic heterocycles. The summed E-state index contributed by atoms with van der Waals surface area (Å²) in [4.78, 5) is 70.8. The minimum absolute atomic E-state index is 0.00741. The monoisotopic (exact) mass is 728 g/mol. The molecule has 2 aromatic heterocycles. The Bertz CT molecular complexity index is 2140. The molecule has 0 bridgehead atoms. The Morgan fingerprint density at radius 2 is 1.71 bits per heavy atom. The molecule has 52 heavy (non-hydrogen) atoms. The van der Waals surface area contributed by atoms with Crippen LogP contribution in [0.4, 0.5) is 21.9 Å². The number of piperazine rings is 1. The topological polar surface area (TPSA) is 228 Å². The summed E-state index contributed by atoms with van der Waals surface area (Å²) in [7, 11) is 0. The number of halogens is 1. The number of aliphatic hydroxyl groups excluding tert-OH is 1. The molecule has 17 nitrogen and oxygen atoms in total. The zero-order valence-electron chi connectivity index (χ0n) is 27.6. The molecule has 6 N–H and O–H groups in total. The van der Waals surface area contributed by atoms with Gasteiger partial charge in [-0.05, 0) is 83.9 Å². The Hall–Kier alpha value is -6.33. The van der Waals surface area contributed by atoms with Crippen molar-refractivity contribution in [2.24, 2.45) is 0 Å². The molecule has 2 atom stereocenters. The summed E-state index contributed by atoms with van der Waals surface area (Å²) in [5, 5.41) is 38.8. The van der Waals surface area contributed by atoms with Crippen LogP contribution in [0.2, 0.25) is 5.02 Å². The number of anilines is 3. The number of urea groups is 1. The maximum atomic E-state index is 14.0. The van der Waals surface area contributed by atoms with Gasteiger partial charge in [0.25, 0.3) is 0 Å². The van der Waals surface area contributed by atoms with Crippen molar-refractivity contribution >= 4 is 69.3 Å². The van der Waals surface area contributed by atoms with E-state index in [4.69, 9.17) is 16.7 Å². The third-order valence-corrected chi connectivity index (χ3v) is 8.69. The summed E-state index contributed by atoms with van der Waals surface area (Å²) in [6.45, 7) is 1.70. The lowest BCUT2D eigenvalue weighted by Gasteiger charge is -2.38. The van der Waals surface area contributed by atoms with Crippen molar-refractivity contribution in [3.8, 4) is 5.69 Å². The van der Waals surface area contributed by atoms with Crippen molar-refractivity contribution in [2.75, 3.05) is 35.2 Å². The van der Waals surface area contributed by atoms with Crippen molar-refractivity contribution in [2.45, 2.75) is 31.8 Å². The Morgan fingerprint density at radius 3 is 2.42 bits per heavy atom. The van der Waals surface area contributed by atoms with Gasteiger partial charge in [0, 0.05) is 59.5 Å². The molecule has 0 saturated carbocycles. The zero-order valence-corrected chi connectivity index (χ0v) is 28.4. The number of hydrogen-bond donors (Lipinski definition) is 6. The summed E-state index contributed by atoms with van der Waals surface area (Å²) in [5.41, 5.74) is 2.70. The van der Waals surface area contributed by atoms with Crippen LogP contribution in [-0.2, 0) is 20.8 Å². The van der Waals surface area contributed by atoms with E-state index in [1.54, 1.807) is 61.5 Å². The van der Waals surface area contributed by atoms with Gasteiger partial charge >= 0.3 is 23.8 Å². The molecule has 1 fully saturated rings. The number of aromatic nitrogens is 5. The van der Waals surface area contributed by atoms with Gasteiger partial charge in [-0.1, -0.05) is 23.7 Å². The highest BCUT2D eigenvalue weighted by molar-refractivity contribution is 6.41. The highest BCUT2D eigenvalue weighted by Gasteiger charge is 2.40. The minimum Gasteiger partial charge on any atom is -0.477 e. The lowest BCUT2D eigenvalue weighted by molar-refractivity contribution is -0.149. The number of amides is 5. The van der Waals surface area contributed by atoms with Gasteiger partial charge in [-0.15, -0.1) is 5.10 Å². The first kappa shape index (κ1) is 35.5. The van der Waals surface area contributed by atoms with Crippen LogP contribution in [0.3, 0.4) is 0 Å². The molecule has 268 valence electrons. The van der Waals surface area contributed by atoms with E-state index in [9.17, 15) is 29.1 Å². The number of rotatable bonds is 12. The molecular formula is C34H33ClN10O7. The van der Waals surface area contributed by atoms with Gasteiger partial charge in [-0.2, -0.15) is 4.68 Å². The van der Waals surface area contributed by atoms with Crippen LogP contribution in [0.15, 0.2) is 73.1 Å². The van der Waals surface area contributed by atoms with Crippen LogP contribution in [-0.4, -0.2) is 102 Å². The second-order valence-electron chi connectivity index (χ2n) is 12.1. The highest BCUT2D eigenvalue weighted by atomic mass is 35.5. The standard InChI is InChI=1S/C34H33ClN10O7/c1-19(10-13-46)37-34(52)39-23-5-2-20(3-6-23)14-29(30(47)38-24-7-8-25-21(15-24)16-26(40-25)33(50)51)44-12-11-43(31(48)32(44)49)28-17-22(35)4-9-27(28)45-18-36-41-42-45/h2-9,15-19,29,40,46H,10-14H2,1H3,(H,38,47)(H,50,51)(H2,37,39,52)/t19-,29+/m1/s1. The van der Waals surface area contributed by atoms with Gasteiger partial charge < -0.3 is 40.9 Å². The molecule has 18 heteroatoms. The maximum absolute atomic E-state index is 14.0. The van der Waals surface area contributed by atoms with E-state index in [2.05, 4.69) is 36.5 Å². The van der Waals surface area contributed by atoms with Crippen molar-refractivity contribution in [3.63, 3.8) is 0 Å². The number of carboxylic acids is 1. The largest absolute Gasteiger partial charge is 0.477 e. The van der Waals surface area contributed by atoms with Crippen LogP contribution < -0.4 is 20.9 Å². The van der Waals surface area contributed by atoms with Crippen LogP contribution >= 0.6 is 11.6 Å². The number of aliphatic hydroxyl groups is 1. The lowest BCUT2D eigenvalue weighted by atomic mass is 10.0. The number of carbonyl (C=O) groups excluding carboxylic acids is 4. The van der Waals surface area contributed by atoms with Gasteiger partial charge in [0.05, 0.1) is 11.4 Å². The minimum atomic E-state index is -1.16. The SMILES string of the molecule is C[C@H](CCO)NC(=O)Nc1ccc(C[C@@H](C(=O)Nc2ccc3[nH]c(C(=O)O)cc3c2)N2CCN(c3cc(Cl)ccc3-n3cnnn3)C(=O)C2=O)cc1. The molecule has 1 aliphatic rings.